The lowest BCUT2D eigenvalue weighted by molar-refractivity contribution is 0.857. The SMILES string of the molecule is CCCc1c(Cl)ncnc1SC. The van der Waals surface area contributed by atoms with Crippen LogP contribution in [0.3, 0.4) is 0 Å². The number of aromatic nitrogens is 2. The summed E-state index contributed by atoms with van der Waals surface area (Å²) in [5.74, 6) is 0. The maximum Gasteiger partial charge on any atom is 0.136 e. The van der Waals surface area contributed by atoms with Crippen molar-refractivity contribution in [1.29, 1.82) is 0 Å². The van der Waals surface area contributed by atoms with Gasteiger partial charge < -0.3 is 0 Å². The standard InChI is InChI=1S/C8H11ClN2S/c1-3-4-6-7(9)10-5-11-8(6)12-2/h5H,3-4H2,1-2H3. The lowest BCUT2D eigenvalue weighted by Crippen LogP contribution is -1.94. The highest BCUT2D eigenvalue weighted by molar-refractivity contribution is 7.98. The highest BCUT2D eigenvalue weighted by Gasteiger charge is 2.06. The second-order valence-corrected chi connectivity index (χ2v) is 3.56. The van der Waals surface area contributed by atoms with Crippen molar-refractivity contribution in [3.8, 4) is 0 Å². The largest absolute Gasteiger partial charge is 0.230 e. The summed E-state index contributed by atoms with van der Waals surface area (Å²) in [6, 6.07) is 0. The third-order valence-electron chi connectivity index (χ3n) is 1.55. The highest BCUT2D eigenvalue weighted by Crippen LogP contribution is 2.23. The van der Waals surface area contributed by atoms with Gasteiger partial charge in [0, 0.05) is 5.56 Å². The predicted molar refractivity (Wildman–Crippen MR) is 52.8 cm³/mol. The first kappa shape index (κ1) is 9.81. The molecule has 0 bridgehead atoms. The Balaban J connectivity index is 3.02. The van der Waals surface area contributed by atoms with E-state index in [1.807, 2.05) is 6.26 Å². The molecular formula is C8H11ClN2S. The first-order chi connectivity index (χ1) is 5.79. The third kappa shape index (κ3) is 2.11. The topological polar surface area (TPSA) is 25.8 Å². The molecule has 0 saturated heterocycles. The minimum Gasteiger partial charge on any atom is -0.230 e. The van der Waals surface area contributed by atoms with Crippen molar-refractivity contribution in [2.75, 3.05) is 6.26 Å². The number of rotatable bonds is 3. The predicted octanol–water partition coefficient (Wildman–Crippen LogP) is 2.80. The minimum absolute atomic E-state index is 0.594. The Kier molecular flexibility index (Phi) is 3.82. The number of hydrogen-bond acceptors (Lipinski definition) is 3. The summed E-state index contributed by atoms with van der Waals surface area (Å²) in [5, 5.41) is 1.59. The summed E-state index contributed by atoms with van der Waals surface area (Å²) >= 11 is 7.54. The van der Waals surface area contributed by atoms with Crippen molar-refractivity contribution in [1.82, 2.24) is 9.97 Å². The van der Waals surface area contributed by atoms with Crippen molar-refractivity contribution in [3.63, 3.8) is 0 Å². The molecular weight excluding hydrogens is 192 g/mol. The molecule has 0 aliphatic carbocycles. The van der Waals surface area contributed by atoms with Gasteiger partial charge in [-0.15, -0.1) is 11.8 Å². The second-order valence-electron chi connectivity index (χ2n) is 2.40. The average molecular weight is 203 g/mol. The Bertz CT molecular complexity index is 265. The van der Waals surface area contributed by atoms with Crippen LogP contribution in [0.2, 0.25) is 5.15 Å². The monoisotopic (exact) mass is 202 g/mol. The number of hydrogen-bond donors (Lipinski definition) is 0. The van der Waals surface area contributed by atoms with E-state index >= 15 is 0 Å². The summed E-state index contributed by atoms with van der Waals surface area (Å²) in [6.07, 6.45) is 5.53. The van der Waals surface area contributed by atoms with Crippen LogP contribution in [0.25, 0.3) is 0 Å². The first-order valence-corrected chi connectivity index (χ1v) is 5.43. The Hall–Kier alpha value is -0.280. The molecule has 12 heavy (non-hydrogen) atoms. The maximum atomic E-state index is 5.92. The number of nitrogens with zero attached hydrogens (tertiary/aromatic N) is 2. The molecule has 0 aliphatic heterocycles. The van der Waals surface area contributed by atoms with E-state index in [0.29, 0.717) is 5.15 Å². The molecule has 0 aliphatic rings. The quantitative estimate of drug-likeness (QED) is 0.557. The smallest absolute Gasteiger partial charge is 0.136 e. The second kappa shape index (κ2) is 4.67. The molecule has 0 unspecified atom stereocenters. The van der Waals surface area contributed by atoms with Crippen molar-refractivity contribution in [3.05, 3.63) is 17.0 Å². The fraction of sp³-hybridized carbons (Fsp3) is 0.500. The molecule has 1 rings (SSSR count). The highest BCUT2D eigenvalue weighted by atomic mass is 35.5. The summed E-state index contributed by atoms with van der Waals surface area (Å²) in [5.41, 5.74) is 1.08. The molecule has 0 atom stereocenters. The van der Waals surface area contributed by atoms with Gasteiger partial charge in [-0.3, -0.25) is 0 Å². The van der Waals surface area contributed by atoms with Crippen LogP contribution in [-0.2, 0) is 6.42 Å². The van der Waals surface area contributed by atoms with E-state index in [0.717, 1.165) is 23.4 Å². The zero-order valence-electron chi connectivity index (χ0n) is 7.17. The molecule has 1 heterocycles. The summed E-state index contributed by atoms with van der Waals surface area (Å²) in [4.78, 5) is 8.09. The van der Waals surface area contributed by atoms with Gasteiger partial charge in [0.1, 0.15) is 16.5 Å². The molecule has 0 fully saturated rings. The molecule has 0 spiro atoms. The van der Waals surface area contributed by atoms with Crippen LogP contribution in [-0.4, -0.2) is 16.2 Å². The van der Waals surface area contributed by atoms with Crippen LogP contribution in [0, 0.1) is 0 Å². The molecule has 0 N–H and O–H groups in total. The van der Waals surface area contributed by atoms with E-state index < -0.39 is 0 Å². The zero-order valence-corrected chi connectivity index (χ0v) is 8.74. The van der Waals surface area contributed by atoms with Gasteiger partial charge in [0.25, 0.3) is 0 Å². The number of thioether (sulfide) groups is 1. The molecule has 66 valence electrons. The van der Waals surface area contributed by atoms with Crippen LogP contribution in [0.5, 0.6) is 0 Å². The normalized spacial score (nSPS) is 10.2. The molecule has 0 radical (unpaired) electrons. The van der Waals surface area contributed by atoms with Gasteiger partial charge >= 0.3 is 0 Å². The van der Waals surface area contributed by atoms with Gasteiger partial charge in [-0.25, -0.2) is 9.97 Å². The Morgan fingerprint density at radius 3 is 2.83 bits per heavy atom. The fourth-order valence-corrected chi connectivity index (χ4v) is 1.89. The van der Waals surface area contributed by atoms with E-state index in [1.165, 1.54) is 6.33 Å². The Morgan fingerprint density at radius 2 is 2.25 bits per heavy atom. The van der Waals surface area contributed by atoms with Crippen LogP contribution < -0.4 is 0 Å². The van der Waals surface area contributed by atoms with E-state index in [2.05, 4.69) is 16.9 Å². The zero-order chi connectivity index (χ0) is 8.97. The van der Waals surface area contributed by atoms with Crippen LogP contribution in [0.15, 0.2) is 11.4 Å². The lowest BCUT2D eigenvalue weighted by atomic mass is 10.2. The average Bonchev–Trinajstić information content (AvgIpc) is 2.09. The van der Waals surface area contributed by atoms with Gasteiger partial charge in [0.15, 0.2) is 0 Å². The van der Waals surface area contributed by atoms with Gasteiger partial charge in [-0.05, 0) is 12.7 Å². The van der Waals surface area contributed by atoms with Crippen molar-refractivity contribution >= 4 is 23.4 Å². The van der Waals surface area contributed by atoms with Crippen molar-refractivity contribution in [2.45, 2.75) is 24.8 Å². The summed E-state index contributed by atoms with van der Waals surface area (Å²) in [6.45, 7) is 2.12. The fourth-order valence-electron chi connectivity index (χ4n) is 1.01. The van der Waals surface area contributed by atoms with Crippen LogP contribution in [0.4, 0.5) is 0 Å². The lowest BCUT2D eigenvalue weighted by Gasteiger charge is -2.04. The van der Waals surface area contributed by atoms with Crippen molar-refractivity contribution < 1.29 is 0 Å². The molecule has 0 amide bonds. The van der Waals surface area contributed by atoms with Gasteiger partial charge in [0.2, 0.25) is 0 Å². The van der Waals surface area contributed by atoms with Gasteiger partial charge in [-0.1, -0.05) is 24.9 Å². The van der Waals surface area contributed by atoms with Gasteiger partial charge in [-0.2, -0.15) is 0 Å². The van der Waals surface area contributed by atoms with E-state index in [1.54, 1.807) is 11.8 Å². The Morgan fingerprint density at radius 1 is 1.50 bits per heavy atom. The molecule has 0 aromatic carbocycles. The summed E-state index contributed by atoms with van der Waals surface area (Å²) < 4.78 is 0. The molecule has 1 aromatic heterocycles. The summed E-state index contributed by atoms with van der Waals surface area (Å²) in [7, 11) is 0. The molecule has 4 heteroatoms. The molecule has 1 aromatic rings. The van der Waals surface area contributed by atoms with Crippen LogP contribution in [0.1, 0.15) is 18.9 Å². The third-order valence-corrected chi connectivity index (χ3v) is 2.61. The van der Waals surface area contributed by atoms with E-state index in [-0.39, 0.29) is 0 Å². The number of halogens is 1. The van der Waals surface area contributed by atoms with E-state index in [9.17, 15) is 0 Å². The molecule has 2 nitrogen and oxygen atoms in total. The first-order valence-electron chi connectivity index (χ1n) is 3.83. The van der Waals surface area contributed by atoms with E-state index in [4.69, 9.17) is 11.6 Å². The molecule has 0 saturated carbocycles. The maximum absolute atomic E-state index is 5.92. The van der Waals surface area contributed by atoms with Crippen LogP contribution >= 0.6 is 23.4 Å². The van der Waals surface area contributed by atoms with Gasteiger partial charge in [0.05, 0.1) is 0 Å². The van der Waals surface area contributed by atoms with Crippen molar-refractivity contribution in [2.24, 2.45) is 0 Å². The Labute approximate surface area is 81.8 Å². The minimum atomic E-state index is 0.594.